The Morgan fingerprint density at radius 3 is 2.00 bits per heavy atom. The number of benzene rings is 2. The third-order valence-corrected chi connectivity index (χ3v) is 7.78. The fourth-order valence-corrected chi connectivity index (χ4v) is 6.03. The summed E-state index contributed by atoms with van der Waals surface area (Å²) in [6.45, 7) is 2.51. The van der Waals surface area contributed by atoms with Crippen molar-refractivity contribution in [3.63, 3.8) is 0 Å². The maximum Gasteiger partial charge on any atom is 0.336 e. The van der Waals surface area contributed by atoms with E-state index in [1.165, 1.54) is 77.7 Å². The lowest BCUT2D eigenvalue weighted by molar-refractivity contribution is -0.878. The highest BCUT2D eigenvalue weighted by Gasteiger charge is 2.21. The van der Waals surface area contributed by atoms with Crippen molar-refractivity contribution in [1.82, 2.24) is 0 Å². The zero-order valence-corrected chi connectivity index (χ0v) is 21.5. The number of carbonyl (C=O) groups excluding carboxylic acids is 1. The molecule has 1 fully saturated rings. The van der Waals surface area contributed by atoms with E-state index in [-0.39, 0.29) is 16.9 Å². The number of hydrogen-bond acceptors (Lipinski definition) is 5. The molecular formula is C29H27NO4S2. The van der Waals surface area contributed by atoms with Gasteiger partial charge in [-0.15, -0.1) is 28.4 Å². The average Bonchev–Trinajstić information content (AvgIpc) is 3.60. The monoisotopic (exact) mass is 517 g/mol. The minimum absolute atomic E-state index is 0.0475. The summed E-state index contributed by atoms with van der Waals surface area (Å²) in [7, 11) is 2.31. The lowest BCUT2D eigenvalue weighted by Crippen LogP contribution is -3.10. The van der Waals surface area contributed by atoms with Gasteiger partial charge in [0.1, 0.15) is 0 Å². The van der Waals surface area contributed by atoms with E-state index in [1.807, 2.05) is 22.7 Å². The van der Waals surface area contributed by atoms with E-state index in [9.17, 15) is 14.7 Å². The minimum Gasteiger partial charge on any atom is -0.872 e. The van der Waals surface area contributed by atoms with Crippen molar-refractivity contribution in [2.24, 2.45) is 0 Å². The molecule has 0 amide bonds. The van der Waals surface area contributed by atoms with Crippen LogP contribution < -0.4 is 10.0 Å². The third kappa shape index (κ3) is 6.18. The van der Waals surface area contributed by atoms with Crippen LogP contribution in [0.15, 0.2) is 89.1 Å². The topological polar surface area (TPSA) is 81.9 Å². The molecule has 2 N–H and O–H groups in total. The second-order valence-electron chi connectivity index (χ2n) is 8.62. The lowest BCUT2D eigenvalue weighted by Gasteiger charge is -2.24. The number of hydrogen-bond donors (Lipinski definition) is 2. The van der Waals surface area contributed by atoms with Crippen LogP contribution in [0.4, 0.5) is 0 Å². The van der Waals surface area contributed by atoms with Crippen LogP contribution in [-0.2, 0) is 0 Å². The zero-order chi connectivity index (χ0) is 25.5. The second-order valence-corrected chi connectivity index (χ2v) is 10.5. The van der Waals surface area contributed by atoms with Crippen LogP contribution in [-0.4, -0.2) is 37.0 Å². The van der Waals surface area contributed by atoms with Gasteiger partial charge >= 0.3 is 5.97 Å². The van der Waals surface area contributed by atoms with Crippen molar-refractivity contribution in [3.8, 4) is 5.75 Å². The SMILES string of the molecule is C[NH+]1CCCC(=C(c2cccs2)c2cccs2)C1.O=C(O)c1ccccc1C(=O)c1ccc([O-])cc1. The summed E-state index contributed by atoms with van der Waals surface area (Å²) in [5.41, 5.74) is 3.52. The average molecular weight is 518 g/mol. The molecule has 5 rings (SSSR count). The van der Waals surface area contributed by atoms with Gasteiger partial charge in [-0.1, -0.05) is 54.6 Å². The molecule has 36 heavy (non-hydrogen) atoms. The molecular weight excluding hydrogens is 490 g/mol. The number of carboxylic acids is 1. The molecule has 3 heterocycles. The molecule has 0 bridgehead atoms. The number of carbonyl (C=O) groups is 2. The Kier molecular flexibility index (Phi) is 8.48. The van der Waals surface area contributed by atoms with Gasteiger partial charge in [-0.25, -0.2) is 4.79 Å². The van der Waals surface area contributed by atoms with Crippen molar-refractivity contribution in [3.05, 3.63) is 116 Å². The van der Waals surface area contributed by atoms with Crippen molar-refractivity contribution in [1.29, 1.82) is 0 Å². The standard InChI is InChI=1S/C15H17NS2.C14H10O4/c1-16-8-2-5-12(11-16)15(13-6-3-9-17-13)14-7-4-10-18-14;15-10-7-5-9(6-8-10)13(16)11-3-1-2-4-12(11)14(17)18/h3-4,6-7,9-10H,2,5,8,11H2,1H3;1-8,15H,(H,17,18). The van der Waals surface area contributed by atoms with Gasteiger partial charge in [0.05, 0.1) is 25.7 Å². The maximum atomic E-state index is 12.1. The Balaban J connectivity index is 0.000000169. The van der Waals surface area contributed by atoms with Crippen molar-refractivity contribution >= 4 is 40.0 Å². The number of ketones is 1. The van der Waals surface area contributed by atoms with Crippen LogP contribution in [0.1, 0.15) is 48.9 Å². The van der Waals surface area contributed by atoms with Crippen LogP contribution in [0.2, 0.25) is 0 Å². The van der Waals surface area contributed by atoms with Crippen LogP contribution in [0.25, 0.3) is 5.57 Å². The highest BCUT2D eigenvalue weighted by molar-refractivity contribution is 7.13. The predicted octanol–water partition coefficient (Wildman–Crippen LogP) is 4.61. The Labute approximate surface area is 218 Å². The smallest absolute Gasteiger partial charge is 0.336 e. The van der Waals surface area contributed by atoms with E-state index in [0.717, 1.165) is 0 Å². The van der Waals surface area contributed by atoms with Gasteiger partial charge in [0.2, 0.25) is 0 Å². The largest absolute Gasteiger partial charge is 0.872 e. The van der Waals surface area contributed by atoms with E-state index in [4.69, 9.17) is 5.11 Å². The van der Waals surface area contributed by atoms with E-state index in [0.29, 0.717) is 5.56 Å². The number of rotatable bonds is 5. The molecule has 0 aliphatic carbocycles. The summed E-state index contributed by atoms with van der Waals surface area (Å²) >= 11 is 3.73. The molecule has 2 aromatic carbocycles. The Morgan fingerprint density at radius 1 is 0.861 bits per heavy atom. The van der Waals surface area contributed by atoms with Gasteiger partial charge in [-0.2, -0.15) is 0 Å². The molecule has 0 spiro atoms. The summed E-state index contributed by atoms with van der Waals surface area (Å²) in [6.07, 6.45) is 2.59. The molecule has 0 radical (unpaired) electrons. The van der Waals surface area contributed by atoms with Crippen molar-refractivity contribution in [2.75, 3.05) is 20.1 Å². The fraction of sp³-hybridized carbons (Fsp3) is 0.172. The van der Waals surface area contributed by atoms with E-state index < -0.39 is 11.8 Å². The number of likely N-dealkylation sites (N-methyl/N-ethyl adjacent to an activating group) is 1. The van der Waals surface area contributed by atoms with E-state index >= 15 is 0 Å². The van der Waals surface area contributed by atoms with Crippen LogP contribution in [0, 0.1) is 0 Å². The molecule has 1 aliphatic heterocycles. The third-order valence-electron chi connectivity index (χ3n) is 6.00. The quantitative estimate of drug-likeness (QED) is 0.379. The molecule has 1 saturated heterocycles. The molecule has 1 aliphatic rings. The summed E-state index contributed by atoms with van der Waals surface area (Å²) in [5.74, 6) is -1.76. The lowest BCUT2D eigenvalue weighted by atomic mass is 9.97. The second kappa shape index (κ2) is 11.9. The van der Waals surface area contributed by atoms with Gasteiger partial charge < -0.3 is 15.1 Å². The summed E-state index contributed by atoms with van der Waals surface area (Å²) in [6, 6.07) is 20.2. The fourth-order valence-electron chi connectivity index (χ4n) is 4.30. The molecule has 184 valence electrons. The summed E-state index contributed by atoms with van der Waals surface area (Å²) in [4.78, 5) is 27.6. The van der Waals surface area contributed by atoms with Crippen molar-refractivity contribution < 1.29 is 24.7 Å². The van der Waals surface area contributed by atoms with Gasteiger partial charge in [-0.3, -0.25) is 4.79 Å². The molecule has 7 heteroatoms. The number of carboxylic acid groups (broad SMARTS) is 1. The molecule has 5 nitrogen and oxygen atoms in total. The number of nitrogens with one attached hydrogen (secondary N) is 1. The first kappa shape index (κ1) is 25.6. The zero-order valence-electron chi connectivity index (χ0n) is 19.9. The molecule has 4 aromatic rings. The Morgan fingerprint density at radius 2 is 1.47 bits per heavy atom. The van der Waals surface area contributed by atoms with Crippen molar-refractivity contribution in [2.45, 2.75) is 12.8 Å². The maximum absolute atomic E-state index is 12.1. The highest BCUT2D eigenvalue weighted by atomic mass is 32.1. The first-order valence-corrected chi connectivity index (χ1v) is 13.4. The summed E-state index contributed by atoms with van der Waals surface area (Å²) < 4.78 is 0. The highest BCUT2D eigenvalue weighted by Crippen LogP contribution is 2.34. The van der Waals surface area contributed by atoms with E-state index in [2.05, 4.69) is 42.1 Å². The Hall–Kier alpha value is -3.52. The predicted molar refractivity (Wildman–Crippen MR) is 143 cm³/mol. The van der Waals surface area contributed by atoms with Crippen LogP contribution in [0.5, 0.6) is 5.75 Å². The molecule has 2 aromatic heterocycles. The molecule has 1 atom stereocenters. The molecule has 0 saturated carbocycles. The summed E-state index contributed by atoms with van der Waals surface area (Å²) in [5, 5.41) is 24.3. The molecule has 1 unspecified atom stereocenters. The number of thiophene rings is 2. The number of likely N-dealkylation sites (tertiary alicyclic amines) is 1. The van der Waals surface area contributed by atoms with Gasteiger partial charge in [0, 0.05) is 32.9 Å². The van der Waals surface area contributed by atoms with Crippen LogP contribution >= 0.6 is 22.7 Å². The van der Waals surface area contributed by atoms with Gasteiger partial charge in [0.25, 0.3) is 0 Å². The van der Waals surface area contributed by atoms with Crippen LogP contribution in [0.3, 0.4) is 0 Å². The first-order valence-electron chi connectivity index (χ1n) is 11.7. The normalized spacial score (nSPS) is 15.0. The van der Waals surface area contributed by atoms with Gasteiger partial charge in [0.15, 0.2) is 5.78 Å². The number of aromatic carboxylic acids is 1. The van der Waals surface area contributed by atoms with E-state index in [1.54, 1.807) is 22.6 Å². The number of quaternary nitrogens is 1. The Bertz CT molecular complexity index is 1300. The minimum atomic E-state index is -1.15. The number of piperidine rings is 1. The van der Waals surface area contributed by atoms with Gasteiger partial charge in [-0.05, 0) is 41.0 Å². The first-order chi connectivity index (χ1) is 17.4.